The third-order valence-corrected chi connectivity index (χ3v) is 6.28. The lowest BCUT2D eigenvalue weighted by Crippen LogP contribution is -2.47. The molecule has 7 heteroatoms. The maximum absolute atomic E-state index is 13.3. The number of esters is 1. The third-order valence-electron chi connectivity index (χ3n) is 6.01. The number of carbonyl (C=O) groups is 2. The molecule has 2 saturated heterocycles. The summed E-state index contributed by atoms with van der Waals surface area (Å²) in [6.07, 6.45) is 4.47. The van der Waals surface area contributed by atoms with E-state index < -0.39 is 5.41 Å². The number of benzene rings is 1. The van der Waals surface area contributed by atoms with Crippen LogP contribution in [0.4, 0.5) is 0 Å². The number of aryl methyl sites for hydroxylation is 1. The van der Waals surface area contributed by atoms with Crippen LogP contribution in [0.15, 0.2) is 36.5 Å². The van der Waals surface area contributed by atoms with Gasteiger partial charge in [0, 0.05) is 25.3 Å². The van der Waals surface area contributed by atoms with Gasteiger partial charge in [-0.1, -0.05) is 41.9 Å². The van der Waals surface area contributed by atoms with Crippen molar-refractivity contribution >= 4 is 23.5 Å². The fourth-order valence-electron chi connectivity index (χ4n) is 4.93. The molecule has 1 aromatic carbocycles. The van der Waals surface area contributed by atoms with Gasteiger partial charge in [-0.2, -0.15) is 5.10 Å². The lowest BCUT2D eigenvalue weighted by molar-refractivity contribution is -0.157. The third kappa shape index (κ3) is 3.00. The molecule has 0 unspecified atom stereocenters. The molecule has 3 atom stereocenters. The van der Waals surface area contributed by atoms with E-state index >= 15 is 0 Å². The molecule has 0 spiro atoms. The Balaban J connectivity index is 1.70. The summed E-state index contributed by atoms with van der Waals surface area (Å²) in [5.41, 5.74) is 0.601. The molecule has 28 heavy (non-hydrogen) atoms. The summed E-state index contributed by atoms with van der Waals surface area (Å²) in [5.74, 6) is -0.409. The number of aromatic nitrogens is 2. The van der Waals surface area contributed by atoms with Crippen LogP contribution < -0.4 is 0 Å². The Morgan fingerprint density at radius 1 is 1.29 bits per heavy atom. The Morgan fingerprint density at radius 2 is 2.04 bits per heavy atom. The molecule has 2 aliphatic rings. The number of nitrogens with zero attached hydrogens (tertiary/aromatic N) is 3. The van der Waals surface area contributed by atoms with Crippen molar-refractivity contribution < 1.29 is 14.3 Å². The van der Waals surface area contributed by atoms with E-state index in [2.05, 4.69) is 5.10 Å². The van der Waals surface area contributed by atoms with E-state index in [9.17, 15) is 9.59 Å². The molecule has 1 aromatic heterocycles. The van der Waals surface area contributed by atoms with Crippen LogP contribution in [0.1, 0.15) is 42.2 Å². The molecule has 2 aliphatic heterocycles. The van der Waals surface area contributed by atoms with Crippen molar-refractivity contribution in [2.24, 2.45) is 12.5 Å². The van der Waals surface area contributed by atoms with Crippen LogP contribution >= 0.6 is 11.6 Å². The van der Waals surface area contributed by atoms with E-state index in [0.717, 1.165) is 18.4 Å². The Morgan fingerprint density at radius 3 is 2.68 bits per heavy atom. The van der Waals surface area contributed by atoms with Crippen molar-refractivity contribution in [3.05, 3.63) is 52.8 Å². The van der Waals surface area contributed by atoms with Gasteiger partial charge in [-0.25, -0.2) is 0 Å². The van der Waals surface area contributed by atoms with Crippen molar-refractivity contribution in [2.45, 2.75) is 44.7 Å². The molecule has 1 amide bonds. The molecule has 4 rings (SSSR count). The first-order valence-electron chi connectivity index (χ1n) is 9.69. The number of hydrogen-bond donors (Lipinski definition) is 0. The van der Waals surface area contributed by atoms with Gasteiger partial charge in [-0.05, 0) is 38.2 Å². The van der Waals surface area contributed by atoms with Crippen LogP contribution in [0.5, 0.6) is 0 Å². The summed E-state index contributed by atoms with van der Waals surface area (Å²) in [6.45, 7) is 2.14. The maximum atomic E-state index is 13.3. The van der Waals surface area contributed by atoms with Crippen LogP contribution in [-0.4, -0.2) is 45.2 Å². The molecular formula is C21H24ClN3O3. The molecule has 0 aliphatic carbocycles. The standard InChI is InChI=1S/C21H24ClN3O3/c1-3-28-20(27)21(11-14-7-5-4-6-8-14)12-15-9-10-17(21)25(15)19(26)18-16(22)13-24(2)23-18/h4-8,13,15,17H,3,9-12H2,1-2H3/t15-,17+,21+/m1/s1. The second kappa shape index (κ2) is 7.24. The highest BCUT2D eigenvalue weighted by atomic mass is 35.5. The minimum absolute atomic E-state index is 0.00342. The van der Waals surface area contributed by atoms with Gasteiger partial charge >= 0.3 is 5.97 Å². The van der Waals surface area contributed by atoms with E-state index in [1.54, 1.807) is 13.2 Å². The quantitative estimate of drug-likeness (QED) is 0.721. The second-order valence-corrected chi connectivity index (χ2v) is 8.11. The molecule has 148 valence electrons. The van der Waals surface area contributed by atoms with Crippen LogP contribution in [0.2, 0.25) is 5.02 Å². The van der Waals surface area contributed by atoms with Crippen LogP contribution in [0.3, 0.4) is 0 Å². The molecule has 0 N–H and O–H groups in total. The average Bonchev–Trinajstić information content (AvgIpc) is 3.33. The second-order valence-electron chi connectivity index (χ2n) is 7.70. The predicted molar refractivity (Wildman–Crippen MR) is 105 cm³/mol. The summed E-state index contributed by atoms with van der Waals surface area (Å²) in [5, 5.41) is 4.58. The monoisotopic (exact) mass is 401 g/mol. The Bertz CT molecular complexity index is 898. The molecule has 2 bridgehead atoms. The molecule has 2 aromatic rings. The van der Waals surface area contributed by atoms with Gasteiger partial charge in [0.1, 0.15) is 0 Å². The molecule has 2 fully saturated rings. The highest BCUT2D eigenvalue weighted by Crippen LogP contribution is 2.52. The highest BCUT2D eigenvalue weighted by molar-refractivity contribution is 6.33. The normalized spacial score (nSPS) is 25.9. The molecule has 3 heterocycles. The van der Waals surface area contributed by atoms with Crippen LogP contribution in [0, 0.1) is 5.41 Å². The lowest BCUT2D eigenvalue weighted by atomic mass is 9.70. The van der Waals surface area contributed by atoms with E-state index in [0.29, 0.717) is 24.5 Å². The largest absolute Gasteiger partial charge is 0.465 e. The summed E-state index contributed by atoms with van der Waals surface area (Å²) >= 11 is 6.22. The smallest absolute Gasteiger partial charge is 0.314 e. The summed E-state index contributed by atoms with van der Waals surface area (Å²) in [7, 11) is 1.74. The number of carbonyl (C=O) groups excluding carboxylic acids is 2. The topological polar surface area (TPSA) is 64.4 Å². The van der Waals surface area contributed by atoms with Gasteiger partial charge < -0.3 is 9.64 Å². The van der Waals surface area contributed by atoms with E-state index in [1.165, 1.54) is 4.68 Å². The first-order chi connectivity index (χ1) is 13.5. The van der Waals surface area contributed by atoms with Crippen molar-refractivity contribution in [2.75, 3.05) is 6.61 Å². The zero-order valence-electron chi connectivity index (χ0n) is 16.1. The maximum Gasteiger partial charge on any atom is 0.314 e. The van der Waals surface area contributed by atoms with Crippen molar-refractivity contribution in [3.8, 4) is 0 Å². The Kier molecular flexibility index (Phi) is 4.91. The van der Waals surface area contributed by atoms with Gasteiger partial charge in [0.2, 0.25) is 0 Å². The summed E-state index contributed by atoms with van der Waals surface area (Å²) in [4.78, 5) is 28.2. The van der Waals surface area contributed by atoms with Gasteiger partial charge in [-0.3, -0.25) is 14.3 Å². The summed E-state index contributed by atoms with van der Waals surface area (Å²) < 4.78 is 7.03. The number of halogens is 1. The number of rotatable bonds is 5. The average molecular weight is 402 g/mol. The van der Waals surface area contributed by atoms with E-state index in [1.807, 2.05) is 42.2 Å². The van der Waals surface area contributed by atoms with Gasteiger partial charge in [0.05, 0.1) is 17.0 Å². The van der Waals surface area contributed by atoms with Crippen LogP contribution in [0.25, 0.3) is 0 Å². The highest BCUT2D eigenvalue weighted by Gasteiger charge is 2.62. The van der Waals surface area contributed by atoms with E-state index in [-0.39, 0.29) is 29.7 Å². The van der Waals surface area contributed by atoms with Crippen molar-refractivity contribution in [3.63, 3.8) is 0 Å². The molecule has 0 saturated carbocycles. The molecule has 0 radical (unpaired) electrons. The van der Waals surface area contributed by atoms with Crippen molar-refractivity contribution in [1.82, 2.24) is 14.7 Å². The predicted octanol–water partition coefficient (Wildman–Crippen LogP) is 3.24. The number of amides is 1. The zero-order chi connectivity index (χ0) is 19.9. The Hall–Kier alpha value is -2.34. The minimum atomic E-state index is -0.725. The van der Waals surface area contributed by atoms with Crippen LogP contribution in [-0.2, 0) is 23.0 Å². The van der Waals surface area contributed by atoms with Crippen molar-refractivity contribution in [1.29, 1.82) is 0 Å². The number of hydrogen-bond acceptors (Lipinski definition) is 4. The van der Waals surface area contributed by atoms with E-state index in [4.69, 9.17) is 16.3 Å². The molecular weight excluding hydrogens is 378 g/mol. The zero-order valence-corrected chi connectivity index (χ0v) is 16.9. The van der Waals surface area contributed by atoms with Gasteiger partial charge in [-0.15, -0.1) is 0 Å². The molecule has 6 nitrogen and oxygen atoms in total. The Labute approximate surface area is 169 Å². The van der Waals surface area contributed by atoms with Gasteiger partial charge in [0.25, 0.3) is 5.91 Å². The number of fused-ring (bicyclic) bond motifs is 2. The fraction of sp³-hybridized carbons (Fsp3) is 0.476. The number of ether oxygens (including phenoxy) is 1. The van der Waals surface area contributed by atoms with Gasteiger partial charge in [0.15, 0.2) is 5.69 Å². The first kappa shape index (κ1) is 19.0. The summed E-state index contributed by atoms with van der Waals surface area (Å²) in [6, 6.07) is 9.74. The SMILES string of the molecule is CCOC(=O)[C@@]1(Cc2ccccc2)C[C@H]2CC[C@@H]1N2C(=O)c1nn(C)cc1Cl. The minimum Gasteiger partial charge on any atom is -0.465 e. The first-order valence-corrected chi connectivity index (χ1v) is 10.1. The lowest BCUT2D eigenvalue weighted by Gasteiger charge is -2.35. The fourth-order valence-corrected chi connectivity index (χ4v) is 5.19.